The van der Waals surface area contributed by atoms with E-state index in [1.807, 2.05) is 12.2 Å². The molecule has 0 bridgehead atoms. The van der Waals surface area contributed by atoms with Crippen molar-refractivity contribution >= 4 is 11.9 Å². The number of ether oxygens (including phenoxy) is 4. The first kappa shape index (κ1) is 51.4. The van der Waals surface area contributed by atoms with Crippen LogP contribution in [0, 0.1) is 0 Å². The lowest BCUT2D eigenvalue weighted by Crippen LogP contribution is -2.59. The molecule has 0 aromatic heterocycles. The highest BCUT2D eigenvalue weighted by atomic mass is 16.7. The molecule has 1 saturated heterocycles. The van der Waals surface area contributed by atoms with Crippen LogP contribution in [0.3, 0.4) is 0 Å². The first-order valence-corrected chi connectivity index (χ1v) is 21.0. The maximum absolute atomic E-state index is 12.7. The fourth-order valence-corrected chi connectivity index (χ4v) is 5.40. The van der Waals surface area contributed by atoms with Gasteiger partial charge >= 0.3 is 11.9 Å². The highest BCUT2D eigenvalue weighted by Gasteiger charge is 2.44. The van der Waals surface area contributed by atoms with Crippen LogP contribution >= 0.6 is 0 Å². The van der Waals surface area contributed by atoms with Gasteiger partial charge in [-0.2, -0.15) is 0 Å². The minimum atomic E-state index is -1.62. The Kier molecular flexibility index (Phi) is 33.1. The quantitative estimate of drug-likeness (QED) is 0.0296. The summed E-state index contributed by atoms with van der Waals surface area (Å²) in [4.78, 5) is 25.2. The molecule has 10 heteroatoms. The molecular formula is C47H72O10. The van der Waals surface area contributed by atoms with Gasteiger partial charge in [0, 0.05) is 12.8 Å². The molecule has 1 aliphatic rings. The van der Waals surface area contributed by atoms with Gasteiger partial charge in [0.25, 0.3) is 0 Å². The van der Waals surface area contributed by atoms with Crippen LogP contribution in [0.2, 0.25) is 0 Å². The molecule has 1 heterocycles. The molecule has 320 valence electrons. The number of aliphatic hydroxyl groups excluding tert-OH is 4. The smallest absolute Gasteiger partial charge is 0.306 e. The molecule has 57 heavy (non-hydrogen) atoms. The highest BCUT2D eigenvalue weighted by molar-refractivity contribution is 5.70. The molecule has 6 atom stereocenters. The minimum Gasteiger partial charge on any atom is -0.462 e. The van der Waals surface area contributed by atoms with Crippen molar-refractivity contribution in [2.75, 3.05) is 19.8 Å². The molecule has 10 nitrogen and oxygen atoms in total. The number of carbonyl (C=O) groups is 2. The zero-order chi connectivity index (χ0) is 41.6. The Hall–Kier alpha value is -3.64. The molecule has 0 aliphatic carbocycles. The number of carbonyl (C=O) groups excluding carboxylic acids is 2. The van der Waals surface area contributed by atoms with Crippen molar-refractivity contribution in [1.82, 2.24) is 0 Å². The SMILES string of the molecule is CC/C=C\C/C=C\C/C=C\C/C=C\C/C=C\C/C=C\CCC(=O)OC(COC(=O)CCCCC/C=C\C/C=C\C/C=C\CC)COC1OC(CO)C(O)C(O)C1O. The number of esters is 2. The van der Waals surface area contributed by atoms with Crippen LogP contribution in [-0.2, 0) is 28.5 Å². The van der Waals surface area contributed by atoms with Gasteiger partial charge in [-0.3, -0.25) is 9.59 Å². The Morgan fingerprint density at radius 1 is 0.544 bits per heavy atom. The van der Waals surface area contributed by atoms with Crippen LogP contribution in [0.4, 0.5) is 0 Å². The van der Waals surface area contributed by atoms with E-state index in [1.165, 1.54) is 0 Å². The minimum absolute atomic E-state index is 0.0910. The van der Waals surface area contributed by atoms with E-state index in [2.05, 4.69) is 111 Å². The molecule has 0 radical (unpaired) electrons. The van der Waals surface area contributed by atoms with E-state index in [0.29, 0.717) is 12.8 Å². The molecule has 1 fully saturated rings. The van der Waals surface area contributed by atoms with Crippen LogP contribution in [0.15, 0.2) is 109 Å². The van der Waals surface area contributed by atoms with Crippen molar-refractivity contribution in [3.63, 3.8) is 0 Å². The van der Waals surface area contributed by atoms with Gasteiger partial charge in [0.1, 0.15) is 31.0 Å². The summed E-state index contributed by atoms with van der Waals surface area (Å²) in [5.74, 6) is -0.954. The molecule has 0 spiro atoms. The van der Waals surface area contributed by atoms with E-state index in [1.54, 1.807) is 0 Å². The van der Waals surface area contributed by atoms with Crippen LogP contribution in [0.25, 0.3) is 0 Å². The van der Waals surface area contributed by atoms with Gasteiger partial charge < -0.3 is 39.4 Å². The third-order valence-electron chi connectivity index (χ3n) is 8.67. The van der Waals surface area contributed by atoms with Gasteiger partial charge in [0.05, 0.1) is 13.2 Å². The summed E-state index contributed by atoms with van der Waals surface area (Å²) in [7, 11) is 0. The van der Waals surface area contributed by atoms with E-state index < -0.39 is 55.4 Å². The molecule has 0 saturated carbocycles. The van der Waals surface area contributed by atoms with Crippen LogP contribution in [-0.4, -0.2) is 89.0 Å². The Morgan fingerprint density at radius 3 is 1.51 bits per heavy atom. The largest absolute Gasteiger partial charge is 0.462 e. The van der Waals surface area contributed by atoms with Crippen LogP contribution in [0.5, 0.6) is 0 Å². The van der Waals surface area contributed by atoms with Gasteiger partial charge in [-0.25, -0.2) is 0 Å². The Bertz CT molecular complexity index is 1290. The normalized spacial score (nSPS) is 21.4. The maximum atomic E-state index is 12.7. The maximum Gasteiger partial charge on any atom is 0.306 e. The number of allylic oxidation sites excluding steroid dienone is 18. The van der Waals surface area contributed by atoms with Crippen molar-refractivity contribution in [1.29, 1.82) is 0 Å². The van der Waals surface area contributed by atoms with Crippen molar-refractivity contribution in [3.05, 3.63) is 109 Å². The fraction of sp³-hybridized carbons (Fsp3) is 0.574. The van der Waals surface area contributed by atoms with Gasteiger partial charge in [0.2, 0.25) is 0 Å². The van der Waals surface area contributed by atoms with Crippen molar-refractivity contribution < 1.29 is 49.0 Å². The van der Waals surface area contributed by atoms with E-state index in [0.717, 1.165) is 77.0 Å². The Morgan fingerprint density at radius 2 is 1.02 bits per heavy atom. The van der Waals surface area contributed by atoms with Crippen LogP contribution in [0.1, 0.15) is 117 Å². The summed E-state index contributed by atoms with van der Waals surface area (Å²) in [6, 6.07) is 0. The van der Waals surface area contributed by atoms with Crippen molar-refractivity contribution in [3.8, 4) is 0 Å². The van der Waals surface area contributed by atoms with Gasteiger partial charge in [-0.05, 0) is 83.5 Å². The third-order valence-corrected chi connectivity index (χ3v) is 8.67. The lowest BCUT2D eigenvalue weighted by Gasteiger charge is -2.39. The Labute approximate surface area is 342 Å². The molecule has 6 unspecified atom stereocenters. The van der Waals surface area contributed by atoms with Crippen molar-refractivity contribution in [2.45, 2.75) is 153 Å². The second-order valence-corrected chi connectivity index (χ2v) is 13.7. The highest BCUT2D eigenvalue weighted by Crippen LogP contribution is 2.22. The van der Waals surface area contributed by atoms with Gasteiger partial charge in [0.15, 0.2) is 12.4 Å². The molecular weight excluding hydrogens is 725 g/mol. The molecule has 0 amide bonds. The zero-order valence-electron chi connectivity index (χ0n) is 34.5. The summed E-state index contributed by atoms with van der Waals surface area (Å²) in [6.07, 6.45) is 42.5. The number of rotatable bonds is 32. The Balaban J connectivity index is 2.45. The molecule has 0 aromatic rings. The number of hydrogen-bond acceptors (Lipinski definition) is 10. The summed E-state index contributed by atoms with van der Waals surface area (Å²) < 4.78 is 22.0. The second kappa shape index (κ2) is 36.7. The topological polar surface area (TPSA) is 152 Å². The average molecular weight is 797 g/mol. The van der Waals surface area contributed by atoms with Crippen LogP contribution < -0.4 is 0 Å². The monoisotopic (exact) mass is 797 g/mol. The summed E-state index contributed by atoms with van der Waals surface area (Å²) in [5.41, 5.74) is 0. The first-order chi connectivity index (χ1) is 27.8. The lowest BCUT2D eigenvalue weighted by molar-refractivity contribution is -0.305. The van der Waals surface area contributed by atoms with E-state index in [4.69, 9.17) is 18.9 Å². The standard InChI is InChI=1S/C47H72O10/c1-3-5-7-9-11-13-15-17-18-19-20-21-22-24-26-28-30-32-34-36-43(50)56-40(39-55-47-46(53)45(52)44(51)41(37-48)57-47)38-54-42(49)35-33-31-29-27-25-23-16-14-12-10-8-6-4-2/h5-8,11-14,17-18,20-21,23-26,30,32,40-41,44-48,51-53H,3-4,9-10,15-16,19,22,27-29,31,33-39H2,1-2H3/b7-5-,8-6-,13-11-,14-12-,18-17-,21-20-,25-23-,26-24-,32-30-. The van der Waals surface area contributed by atoms with Gasteiger partial charge in [-0.1, -0.05) is 130 Å². The predicted molar refractivity (Wildman–Crippen MR) is 228 cm³/mol. The second-order valence-electron chi connectivity index (χ2n) is 13.7. The zero-order valence-corrected chi connectivity index (χ0v) is 34.5. The van der Waals surface area contributed by atoms with E-state index in [9.17, 15) is 30.0 Å². The number of aliphatic hydroxyl groups is 4. The molecule has 4 N–H and O–H groups in total. The van der Waals surface area contributed by atoms with Crippen molar-refractivity contribution in [2.24, 2.45) is 0 Å². The average Bonchev–Trinajstić information content (AvgIpc) is 3.21. The van der Waals surface area contributed by atoms with E-state index >= 15 is 0 Å². The lowest BCUT2D eigenvalue weighted by atomic mass is 9.99. The molecule has 1 aliphatic heterocycles. The predicted octanol–water partition coefficient (Wildman–Crippen LogP) is 8.55. The first-order valence-electron chi connectivity index (χ1n) is 21.0. The third kappa shape index (κ3) is 28.4. The number of unbranched alkanes of at least 4 members (excludes halogenated alkanes) is 3. The van der Waals surface area contributed by atoms with E-state index in [-0.39, 0.29) is 26.1 Å². The summed E-state index contributed by atoms with van der Waals surface area (Å²) in [6.45, 7) is 3.05. The summed E-state index contributed by atoms with van der Waals surface area (Å²) >= 11 is 0. The molecule has 1 rings (SSSR count). The summed E-state index contributed by atoms with van der Waals surface area (Å²) in [5, 5.41) is 40.0. The molecule has 0 aromatic carbocycles. The number of hydrogen-bond donors (Lipinski definition) is 4. The fourth-order valence-electron chi connectivity index (χ4n) is 5.40. The van der Waals surface area contributed by atoms with Gasteiger partial charge in [-0.15, -0.1) is 0 Å².